The molecular weight excluding hydrogens is 304 g/mol. The van der Waals surface area contributed by atoms with Crippen LogP contribution in [0.3, 0.4) is 0 Å². The van der Waals surface area contributed by atoms with E-state index in [9.17, 15) is 9.59 Å². The Morgan fingerprint density at radius 1 is 0.667 bits per heavy atom. The van der Waals surface area contributed by atoms with Crippen molar-refractivity contribution in [3.63, 3.8) is 0 Å². The number of carbonyl (C=O) groups excluding carboxylic acids is 2. The predicted octanol–water partition coefficient (Wildman–Crippen LogP) is 4.79. The number of rotatable bonds is 11. The van der Waals surface area contributed by atoms with Crippen LogP contribution >= 0.6 is 0 Å². The monoisotopic (exact) mass is 338 g/mol. The second kappa shape index (κ2) is 8.87. The summed E-state index contributed by atoms with van der Waals surface area (Å²) in [6.07, 6.45) is 13.5. The minimum absolute atomic E-state index is 0.00217. The summed E-state index contributed by atoms with van der Waals surface area (Å²) in [4.78, 5) is 23.3. The highest BCUT2D eigenvalue weighted by atomic mass is 16.5. The molecule has 2 saturated heterocycles. The molecule has 0 unspecified atom stereocenters. The van der Waals surface area contributed by atoms with Crippen LogP contribution in [0.25, 0.3) is 0 Å². The highest BCUT2D eigenvalue weighted by Crippen LogP contribution is 2.36. The third-order valence-corrected chi connectivity index (χ3v) is 5.97. The molecule has 0 N–H and O–H groups in total. The SMILES string of the molecule is C[C@]1(CCCCCCCCCC[C@]2(C)CCOC2=O)CCOC1=O. The third-order valence-electron chi connectivity index (χ3n) is 5.97. The molecule has 0 aliphatic carbocycles. The number of cyclic esters (lactones) is 2. The molecule has 2 aliphatic heterocycles. The molecule has 2 atom stereocenters. The first-order valence-electron chi connectivity index (χ1n) is 9.81. The van der Waals surface area contributed by atoms with E-state index in [2.05, 4.69) is 0 Å². The van der Waals surface area contributed by atoms with Gasteiger partial charge >= 0.3 is 11.9 Å². The lowest BCUT2D eigenvalue weighted by Crippen LogP contribution is -2.22. The van der Waals surface area contributed by atoms with Crippen molar-refractivity contribution in [2.75, 3.05) is 13.2 Å². The van der Waals surface area contributed by atoms with Crippen LogP contribution in [0.2, 0.25) is 0 Å². The lowest BCUT2D eigenvalue weighted by molar-refractivity contribution is -0.146. The summed E-state index contributed by atoms with van der Waals surface area (Å²) in [7, 11) is 0. The van der Waals surface area contributed by atoms with Crippen LogP contribution in [-0.4, -0.2) is 25.2 Å². The van der Waals surface area contributed by atoms with Gasteiger partial charge in [-0.2, -0.15) is 0 Å². The van der Waals surface area contributed by atoms with Gasteiger partial charge in [0.2, 0.25) is 0 Å². The van der Waals surface area contributed by atoms with Crippen molar-refractivity contribution in [1.29, 1.82) is 0 Å². The molecule has 0 aromatic carbocycles. The van der Waals surface area contributed by atoms with Crippen molar-refractivity contribution in [2.24, 2.45) is 10.8 Å². The van der Waals surface area contributed by atoms with Gasteiger partial charge in [-0.15, -0.1) is 0 Å². The van der Waals surface area contributed by atoms with E-state index < -0.39 is 0 Å². The number of hydrogen-bond donors (Lipinski definition) is 0. The maximum Gasteiger partial charge on any atom is 0.311 e. The Morgan fingerprint density at radius 3 is 1.29 bits per heavy atom. The third kappa shape index (κ3) is 5.22. The van der Waals surface area contributed by atoms with Crippen molar-refractivity contribution < 1.29 is 19.1 Å². The van der Waals surface area contributed by atoms with Gasteiger partial charge in [-0.3, -0.25) is 9.59 Å². The van der Waals surface area contributed by atoms with Crippen LogP contribution in [-0.2, 0) is 19.1 Å². The molecule has 138 valence electrons. The second-order valence-corrected chi connectivity index (χ2v) is 8.22. The van der Waals surface area contributed by atoms with Crippen LogP contribution in [0.4, 0.5) is 0 Å². The second-order valence-electron chi connectivity index (χ2n) is 8.22. The highest BCUT2D eigenvalue weighted by molar-refractivity contribution is 5.78. The summed E-state index contributed by atoms with van der Waals surface area (Å²) in [6.45, 7) is 5.30. The molecule has 24 heavy (non-hydrogen) atoms. The van der Waals surface area contributed by atoms with Gasteiger partial charge in [0.15, 0.2) is 0 Å². The summed E-state index contributed by atoms with van der Waals surface area (Å²) in [6, 6.07) is 0. The zero-order valence-corrected chi connectivity index (χ0v) is 15.5. The van der Waals surface area contributed by atoms with E-state index in [1.807, 2.05) is 13.8 Å². The average Bonchev–Trinajstić information content (AvgIpc) is 3.05. The molecule has 2 rings (SSSR count). The molecule has 4 heteroatoms. The van der Waals surface area contributed by atoms with E-state index in [0.29, 0.717) is 13.2 Å². The van der Waals surface area contributed by atoms with Crippen LogP contribution < -0.4 is 0 Å². The minimum Gasteiger partial charge on any atom is -0.465 e. The fourth-order valence-corrected chi connectivity index (χ4v) is 3.84. The Hall–Kier alpha value is -1.06. The molecule has 0 amide bonds. The molecule has 4 nitrogen and oxygen atoms in total. The quantitative estimate of drug-likeness (QED) is 0.401. The normalized spacial score (nSPS) is 29.8. The molecule has 0 bridgehead atoms. The van der Waals surface area contributed by atoms with Crippen molar-refractivity contribution in [1.82, 2.24) is 0 Å². The van der Waals surface area contributed by atoms with E-state index >= 15 is 0 Å². The molecular formula is C20H34O4. The Balaban J connectivity index is 1.41. The summed E-state index contributed by atoms with van der Waals surface area (Å²) in [5.41, 5.74) is -0.422. The lowest BCUT2D eigenvalue weighted by Gasteiger charge is -2.18. The number of esters is 2. The van der Waals surface area contributed by atoms with Crippen molar-refractivity contribution >= 4 is 11.9 Å². The summed E-state index contributed by atoms with van der Waals surface area (Å²) in [5.74, 6) is 0.00433. The zero-order chi connectivity index (χ0) is 17.5. The van der Waals surface area contributed by atoms with Crippen LogP contribution in [0.15, 0.2) is 0 Å². The van der Waals surface area contributed by atoms with Crippen LogP contribution in [0, 0.1) is 10.8 Å². The first-order chi connectivity index (χ1) is 11.5. The van der Waals surface area contributed by atoms with Gasteiger partial charge in [-0.25, -0.2) is 0 Å². The topological polar surface area (TPSA) is 52.6 Å². The number of carbonyl (C=O) groups is 2. The molecule has 0 spiro atoms. The maximum atomic E-state index is 11.6. The zero-order valence-electron chi connectivity index (χ0n) is 15.5. The Labute approximate surface area is 146 Å². The van der Waals surface area contributed by atoms with Gasteiger partial charge in [0.05, 0.1) is 24.0 Å². The Morgan fingerprint density at radius 2 is 1.00 bits per heavy atom. The fourth-order valence-electron chi connectivity index (χ4n) is 3.84. The first kappa shape index (κ1) is 19.3. The van der Waals surface area contributed by atoms with Gasteiger partial charge in [-0.05, 0) is 39.5 Å². The van der Waals surface area contributed by atoms with E-state index in [-0.39, 0.29) is 22.8 Å². The lowest BCUT2D eigenvalue weighted by atomic mass is 9.83. The molecule has 0 aromatic heterocycles. The van der Waals surface area contributed by atoms with Gasteiger partial charge in [0, 0.05) is 0 Å². The number of ether oxygens (including phenoxy) is 2. The van der Waals surface area contributed by atoms with Gasteiger partial charge in [0.25, 0.3) is 0 Å². The molecule has 2 aliphatic rings. The smallest absolute Gasteiger partial charge is 0.311 e. The Kier molecular flexibility index (Phi) is 7.12. The largest absolute Gasteiger partial charge is 0.465 e. The van der Waals surface area contributed by atoms with Gasteiger partial charge in [-0.1, -0.05) is 51.4 Å². The Bertz CT molecular complexity index is 393. The fraction of sp³-hybridized carbons (Fsp3) is 0.900. The number of unbranched alkanes of at least 4 members (excludes halogenated alkanes) is 7. The summed E-state index contributed by atoms with van der Waals surface area (Å²) >= 11 is 0. The number of hydrogen-bond acceptors (Lipinski definition) is 4. The van der Waals surface area contributed by atoms with Gasteiger partial charge in [0.1, 0.15) is 0 Å². The van der Waals surface area contributed by atoms with E-state index in [0.717, 1.165) is 38.5 Å². The van der Waals surface area contributed by atoms with Crippen molar-refractivity contribution in [3.8, 4) is 0 Å². The van der Waals surface area contributed by atoms with Crippen molar-refractivity contribution in [2.45, 2.75) is 90.9 Å². The van der Waals surface area contributed by atoms with Crippen molar-refractivity contribution in [3.05, 3.63) is 0 Å². The molecule has 0 aromatic rings. The molecule has 2 heterocycles. The van der Waals surface area contributed by atoms with E-state index in [1.165, 1.54) is 38.5 Å². The highest BCUT2D eigenvalue weighted by Gasteiger charge is 2.39. The van der Waals surface area contributed by atoms with E-state index in [1.54, 1.807) is 0 Å². The predicted molar refractivity (Wildman–Crippen MR) is 93.5 cm³/mol. The maximum absolute atomic E-state index is 11.6. The first-order valence-corrected chi connectivity index (χ1v) is 9.81. The van der Waals surface area contributed by atoms with Crippen LogP contribution in [0.5, 0.6) is 0 Å². The molecule has 0 saturated carbocycles. The minimum atomic E-state index is -0.211. The molecule has 2 fully saturated rings. The van der Waals surface area contributed by atoms with Gasteiger partial charge < -0.3 is 9.47 Å². The summed E-state index contributed by atoms with van der Waals surface area (Å²) < 4.78 is 10.2. The average molecular weight is 338 g/mol. The van der Waals surface area contributed by atoms with Crippen LogP contribution in [0.1, 0.15) is 90.9 Å². The summed E-state index contributed by atoms with van der Waals surface area (Å²) in [5, 5.41) is 0. The van der Waals surface area contributed by atoms with E-state index in [4.69, 9.17) is 9.47 Å². The standard InChI is InChI=1S/C20H34O4/c1-19(13-15-23-17(19)21)11-9-7-5-3-4-6-8-10-12-20(2)14-16-24-18(20)22/h3-16H2,1-2H3/t19-,20+. The molecule has 0 radical (unpaired) electrons.